The molecule has 0 aliphatic heterocycles. The minimum Gasteiger partial charge on any atom is -0.495 e. The van der Waals surface area contributed by atoms with Crippen molar-refractivity contribution in [3.05, 3.63) is 52.5 Å². The molecule has 0 saturated carbocycles. The van der Waals surface area contributed by atoms with Crippen LogP contribution in [0, 0.1) is 0 Å². The second-order valence-corrected chi connectivity index (χ2v) is 4.60. The zero-order valence-electron chi connectivity index (χ0n) is 10.2. The van der Waals surface area contributed by atoms with E-state index in [9.17, 15) is 0 Å². The molecule has 2 heterocycles. The molecule has 0 aromatic carbocycles. The van der Waals surface area contributed by atoms with E-state index in [0.29, 0.717) is 0 Å². The summed E-state index contributed by atoms with van der Waals surface area (Å²) in [6.45, 7) is 0. The first-order valence-corrected chi connectivity index (χ1v) is 6.32. The third-order valence-corrected chi connectivity index (χ3v) is 3.32. The fourth-order valence-corrected chi connectivity index (χ4v) is 2.26. The molecule has 0 amide bonds. The highest BCUT2D eigenvalue weighted by molar-refractivity contribution is 9.10. The maximum Gasteiger partial charge on any atom is 0.137 e. The number of nitrogens with one attached hydrogen (secondary N) is 1. The summed E-state index contributed by atoms with van der Waals surface area (Å²) < 4.78 is 6.16. The Bertz CT molecular complexity index is 533. The smallest absolute Gasteiger partial charge is 0.137 e. The van der Waals surface area contributed by atoms with E-state index >= 15 is 0 Å². The number of halogens is 1. The number of hydrogen-bond acceptors (Lipinski definition) is 4. The Labute approximate surface area is 115 Å². The summed E-state index contributed by atoms with van der Waals surface area (Å²) in [7, 11) is 3.52. The van der Waals surface area contributed by atoms with E-state index < -0.39 is 0 Å². The van der Waals surface area contributed by atoms with Crippen LogP contribution in [0.25, 0.3) is 0 Å². The molecule has 4 nitrogen and oxygen atoms in total. The minimum atomic E-state index is -0.0248. The van der Waals surface area contributed by atoms with Crippen molar-refractivity contribution in [3.63, 3.8) is 0 Å². The zero-order valence-corrected chi connectivity index (χ0v) is 11.8. The number of rotatable bonds is 4. The van der Waals surface area contributed by atoms with Gasteiger partial charge in [0.15, 0.2) is 0 Å². The van der Waals surface area contributed by atoms with Gasteiger partial charge in [-0.3, -0.25) is 9.97 Å². The van der Waals surface area contributed by atoms with Crippen LogP contribution in [0.15, 0.2) is 41.3 Å². The molecule has 1 unspecified atom stereocenters. The second-order valence-electron chi connectivity index (χ2n) is 3.75. The molecule has 18 heavy (non-hydrogen) atoms. The number of methoxy groups -OCH3 is 1. The summed E-state index contributed by atoms with van der Waals surface area (Å²) in [6, 6.07) is 5.79. The molecule has 0 aliphatic rings. The van der Waals surface area contributed by atoms with Crippen LogP contribution in [0.2, 0.25) is 0 Å². The molecular weight excluding hydrogens is 294 g/mol. The topological polar surface area (TPSA) is 47.0 Å². The van der Waals surface area contributed by atoms with Gasteiger partial charge in [0.25, 0.3) is 0 Å². The molecule has 94 valence electrons. The lowest BCUT2D eigenvalue weighted by Crippen LogP contribution is -2.19. The van der Waals surface area contributed by atoms with Crippen LogP contribution in [0.4, 0.5) is 0 Å². The number of ether oxygens (including phenoxy) is 1. The molecule has 0 radical (unpaired) electrons. The standard InChI is InChI=1S/C13H14BrN3O/c1-15-12(13-11(14)4-3-5-17-13)9-6-10(18-2)8-16-7-9/h3-8,12,15H,1-2H3. The van der Waals surface area contributed by atoms with E-state index in [2.05, 4.69) is 31.2 Å². The molecule has 5 heteroatoms. The normalized spacial score (nSPS) is 12.2. The zero-order chi connectivity index (χ0) is 13.0. The van der Waals surface area contributed by atoms with E-state index in [-0.39, 0.29) is 6.04 Å². The maximum atomic E-state index is 5.19. The van der Waals surface area contributed by atoms with Gasteiger partial charge in [0, 0.05) is 16.9 Å². The lowest BCUT2D eigenvalue weighted by atomic mass is 10.1. The minimum absolute atomic E-state index is 0.0248. The monoisotopic (exact) mass is 307 g/mol. The quantitative estimate of drug-likeness (QED) is 0.943. The third-order valence-electron chi connectivity index (χ3n) is 2.65. The van der Waals surface area contributed by atoms with Crippen LogP contribution in [-0.2, 0) is 0 Å². The van der Waals surface area contributed by atoms with Gasteiger partial charge in [-0.25, -0.2) is 0 Å². The predicted octanol–water partition coefficient (Wildman–Crippen LogP) is 2.56. The van der Waals surface area contributed by atoms with Crippen molar-refractivity contribution in [1.29, 1.82) is 0 Å². The summed E-state index contributed by atoms with van der Waals surface area (Å²) in [5, 5.41) is 3.24. The van der Waals surface area contributed by atoms with Crippen LogP contribution in [0.5, 0.6) is 5.75 Å². The van der Waals surface area contributed by atoms with Gasteiger partial charge in [-0.15, -0.1) is 0 Å². The SMILES string of the molecule is CNC(c1cncc(OC)c1)c1ncccc1Br. The van der Waals surface area contributed by atoms with Crippen LogP contribution in [0.3, 0.4) is 0 Å². The van der Waals surface area contributed by atoms with Crippen LogP contribution < -0.4 is 10.1 Å². The summed E-state index contributed by atoms with van der Waals surface area (Å²) in [6.07, 6.45) is 5.27. The number of hydrogen-bond donors (Lipinski definition) is 1. The van der Waals surface area contributed by atoms with Crippen molar-refractivity contribution in [1.82, 2.24) is 15.3 Å². The van der Waals surface area contributed by atoms with Crippen LogP contribution in [0.1, 0.15) is 17.3 Å². The average Bonchev–Trinajstić information content (AvgIpc) is 2.42. The highest BCUT2D eigenvalue weighted by Crippen LogP contribution is 2.27. The lowest BCUT2D eigenvalue weighted by Gasteiger charge is -2.17. The summed E-state index contributed by atoms with van der Waals surface area (Å²) in [5.41, 5.74) is 1.94. The molecule has 0 fully saturated rings. The molecule has 2 aromatic heterocycles. The highest BCUT2D eigenvalue weighted by atomic mass is 79.9. The maximum absolute atomic E-state index is 5.19. The second kappa shape index (κ2) is 5.93. The molecule has 0 aliphatic carbocycles. The third kappa shape index (κ3) is 2.68. The summed E-state index contributed by atoms with van der Waals surface area (Å²) >= 11 is 3.52. The van der Waals surface area contributed by atoms with E-state index in [1.165, 1.54) is 0 Å². The van der Waals surface area contributed by atoms with E-state index in [0.717, 1.165) is 21.5 Å². The van der Waals surface area contributed by atoms with Crippen molar-refractivity contribution in [2.45, 2.75) is 6.04 Å². The van der Waals surface area contributed by atoms with Crippen molar-refractivity contribution >= 4 is 15.9 Å². The number of nitrogens with zero attached hydrogens (tertiary/aromatic N) is 2. The Morgan fingerprint density at radius 1 is 1.39 bits per heavy atom. The van der Waals surface area contributed by atoms with Gasteiger partial charge in [0.1, 0.15) is 5.75 Å². The van der Waals surface area contributed by atoms with Crippen molar-refractivity contribution in [3.8, 4) is 5.75 Å². The molecule has 1 atom stereocenters. The number of pyridine rings is 2. The first kappa shape index (κ1) is 13.0. The van der Waals surface area contributed by atoms with Gasteiger partial charge >= 0.3 is 0 Å². The Morgan fingerprint density at radius 3 is 2.89 bits per heavy atom. The average molecular weight is 308 g/mol. The summed E-state index contributed by atoms with van der Waals surface area (Å²) in [4.78, 5) is 8.57. The molecule has 1 N–H and O–H groups in total. The van der Waals surface area contributed by atoms with Crippen molar-refractivity contribution < 1.29 is 4.74 Å². The van der Waals surface area contributed by atoms with Crippen molar-refractivity contribution in [2.75, 3.05) is 14.2 Å². The van der Waals surface area contributed by atoms with Gasteiger partial charge in [-0.1, -0.05) is 0 Å². The first-order chi connectivity index (χ1) is 8.76. The molecular formula is C13H14BrN3O. The van der Waals surface area contributed by atoms with Gasteiger partial charge in [-0.2, -0.15) is 0 Å². The van der Waals surface area contributed by atoms with E-state index in [1.807, 2.05) is 31.4 Å². The summed E-state index contributed by atoms with van der Waals surface area (Å²) in [5.74, 6) is 0.736. The fraction of sp³-hybridized carbons (Fsp3) is 0.231. The van der Waals surface area contributed by atoms with Crippen LogP contribution >= 0.6 is 15.9 Å². The van der Waals surface area contributed by atoms with Crippen molar-refractivity contribution in [2.24, 2.45) is 0 Å². The van der Waals surface area contributed by atoms with E-state index in [1.54, 1.807) is 19.5 Å². The highest BCUT2D eigenvalue weighted by Gasteiger charge is 2.17. The predicted molar refractivity (Wildman–Crippen MR) is 73.6 cm³/mol. The number of aromatic nitrogens is 2. The van der Waals surface area contributed by atoms with Gasteiger partial charge < -0.3 is 10.1 Å². The Hall–Kier alpha value is -1.46. The molecule has 0 spiro atoms. The van der Waals surface area contributed by atoms with Crippen LogP contribution in [-0.4, -0.2) is 24.1 Å². The largest absolute Gasteiger partial charge is 0.495 e. The Kier molecular flexibility index (Phi) is 4.28. The Balaban J connectivity index is 2.42. The van der Waals surface area contributed by atoms with E-state index in [4.69, 9.17) is 4.74 Å². The van der Waals surface area contributed by atoms with Gasteiger partial charge in [-0.05, 0) is 46.7 Å². The van der Waals surface area contributed by atoms with Gasteiger partial charge in [0.2, 0.25) is 0 Å². The fourth-order valence-electron chi connectivity index (χ4n) is 1.78. The molecule has 0 saturated heterocycles. The van der Waals surface area contributed by atoms with Gasteiger partial charge in [0.05, 0.1) is 25.0 Å². The lowest BCUT2D eigenvalue weighted by molar-refractivity contribution is 0.411. The molecule has 0 bridgehead atoms. The molecule has 2 aromatic rings. The first-order valence-electron chi connectivity index (χ1n) is 5.53. The molecule has 2 rings (SSSR count). The Morgan fingerprint density at radius 2 is 2.22 bits per heavy atom.